The Morgan fingerprint density at radius 2 is 1.80 bits per heavy atom. The van der Waals surface area contributed by atoms with Crippen LogP contribution in [0, 0.1) is 29.6 Å². The summed E-state index contributed by atoms with van der Waals surface area (Å²) < 4.78 is 54.8. The Morgan fingerprint density at radius 3 is 2.55 bits per heavy atom. The smallest absolute Gasteiger partial charge is 0.284 e. The van der Waals surface area contributed by atoms with Crippen LogP contribution < -0.4 is 15.5 Å². The molecule has 4 aliphatic heterocycles. The molecule has 2 N–H and O–H groups in total. The number of ether oxygens (including phenoxy) is 1. The third-order valence-corrected chi connectivity index (χ3v) is 14.1. The topological polar surface area (TPSA) is 160 Å². The van der Waals surface area contributed by atoms with Gasteiger partial charge in [-0.3, -0.25) is 34.0 Å². The van der Waals surface area contributed by atoms with E-state index in [4.69, 9.17) is 9.72 Å². The number of nitrogens with zero attached hydrogens (tertiary/aromatic N) is 10. The molecule has 65 heavy (non-hydrogen) atoms. The van der Waals surface area contributed by atoms with Gasteiger partial charge in [-0.2, -0.15) is 15.3 Å². The van der Waals surface area contributed by atoms with E-state index < -0.39 is 36.2 Å². The number of imide groups is 1. The second-order valence-corrected chi connectivity index (χ2v) is 18.5. The minimum Gasteiger partial charge on any atom is -0.362 e. The van der Waals surface area contributed by atoms with Gasteiger partial charge >= 0.3 is 0 Å². The number of amides is 3. The number of carbonyl (C=O) groups excluding carboxylic acids is 3. The summed E-state index contributed by atoms with van der Waals surface area (Å²) in [5, 5.41) is 19.1. The number of hydrogen-bond acceptors (Lipinski definition) is 11. The van der Waals surface area contributed by atoms with Gasteiger partial charge < -0.3 is 19.9 Å². The van der Waals surface area contributed by atoms with Gasteiger partial charge in [-0.25, -0.2) is 22.7 Å². The van der Waals surface area contributed by atoms with Gasteiger partial charge in [0, 0.05) is 77.1 Å². The Balaban J connectivity index is 0.696. The molecule has 1 aromatic carbocycles. The van der Waals surface area contributed by atoms with Crippen molar-refractivity contribution in [3.05, 3.63) is 65.4 Å². The van der Waals surface area contributed by atoms with Crippen molar-refractivity contribution >= 4 is 45.8 Å². The van der Waals surface area contributed by atoms with Crippen LogP contribution in [0.15, 0.2) is 42.9 Å². The van der Waals surface area contributed by atoms with Gasteiger partial charge in [0.05, 0.1) is 46.7 Å². The third kappa shape index (κ3) is 8.71. The van der Waals surface area contributed by atoms with Gasteiger partial charge in [0.15, 0.2) is 11.3 Å². The number of likely N-dealkylation sites (tertiary alicyclic amines) is 2. The minimum absolute atomic E-state index is 0.0323. The van der Waals surface area contributed by atoms with Crippen molar-refractivity contribution in [2.75, 3.05) is 69.7 Å². The predicted octanol–water partition coefficient (Wildman–Crippen LogP) is 4.73. The van der Waals surface area contributed by atoms with Crippen molar-refractivity contribution in [1.29, 1.82) is 0 Å². The summed E-state index contributed by atoms with van der Waals surface area (Å²) >= 11 is 0. The first-order valence-electron chi connectivity index (χ1n) is 22.7. The minimum atomic E-state index is -2.89. The maximum absolute atomic E-state index is 15.5. The van der Waals surface area contributed by atoms with E-state index in [-0.39, 0.29) is 48.7 Å². The summed E-state index contributed by atoms with van der Waals surface area (Å²) in [7, 11) is 3.92. The Bertz CT molecular complexity index is 2670. The molecule has 5 aliphatic rings. The zero-order valence-electron chi connectivity index (χ0n) is 36.5. The van der Waals surface area contributed by atoms with Crippen molar-refractivity contribution in [3.8, 4) is 11.8 Å². The Kier molecular flexibility index (Phi) is 11.8. The van der Waals surface area contributed by atoms with E-state index in [0.29, 0.717) is 54.0 Å². The summed E-state index contributed by atoms with van der Waals surface area (Å²) in [6, 6.07) is 7.40. The molecule has 342 valence electrons. The number of rotatable bonds is 11. The van der Waals surface area contributed by atoms with Gasteiger partial charge in [-0.1, -0.05) is 24.0 Å². The first-order chi connectivity index (χ1) is 31.4. The number of hydrogen-bond donors (Lipinski definition) is 2. The second kappa shape index (κ2) is 17.9. The first-order valence-corrected chi connectivity index (χ1v) is 22.7. The molecule has 5 aromatic rings. The van der Waals surface area contributed by atoms with E-state index >= 15 is 4.39 Å². The van der Waals surface area contributed by atoms with Crippen LogP contribution in [0.3, 0.4) is 0 Å². The summed E-state index contributed by atoms with van der Waals surface area (Å²) in [5.74, 6) is 6.88. The maximum atomic E-state index is 15.5. The molecule has 0 radical (unpaired) electrons. The highest BCUT2D eigenvalue weighted by atomic mass is 19.3. The molecule has 1 saturated carbocycles. The quantitative estimate of drug-likeness (QED) is 0.140. The molecule has 1 unspecified atom stereocenters. The molecule has 8 heterocycles. The number of piperidine rings is 2. The number of fused-ring (bicyclic) bond motifs is 2. The molecule has 16 nitrogen and oxygen atoms in total. The maximum Gasteiger partial charge on any atom is 0.284 e. The summed E-state index contributed by atoms with van der Waals surface area (Å²) in [6.45, 7) is 5.80. The van der Waals surface area contributed by atoms with E-state index in [1.807, 2.05) is 24.3 Å². The fraction of sp³-hybridized carbons (Fsp3) is 0.543. The number of carbonyl (C=O) groups is 3. The number of anilines is 2. The van der Waals surface area contributed by atoms with Crippen LogP contribution in [0.4, 0.5) is 24.7 Å². The van der Waals surface area contributed by atoms with E-state index in [1.54, 1.807) is 22.6 Å². The zero-order chi connectivity index (χ0) is 44.9. The van der Waals surface area contributed by atoms with Crippen molar-refractivity contribution in [3.63, 3.8) is 0 Å². The van der Waals surface area contributed by atoms with Crippen LogP contribution in [0.5, 0.6) is 0 Å². The van der Waals surface area contributed by atoms with Crippen LogP contribution >= 0.6 is 0 Å². The average Bonchev–Trinajstić information content (AvgIpc) is 3.98. The highest BCUT2D eigenvalue weighted by Crippen LogP contribution is 2.37. The summed E-state index contributed by atoms with van der Waals surface area (Å²) in [6.07, 6.45) is 4.37. The van der Waals surface area contributed by atoms with Gasteiger partial charge in [-0.05, 0) is 75.5 Å². The monoisotopic (exact) mass is 894 g/mol. The number of alkyl halides is 3. The fourth-order valence-corrected chi connectivity index (χ4v) is 10.5. The van der Waals surface area contributed by atoms with E-state index in [0.717, 1.165) is 75.1 Å². The molecule has 5 fully saturated rings. The molecule has 4 saturated heterocycles. The van der Waals surface area contributed by atoms with Crippen LogP contribution in [0.1, 0.15) is 90.6 Å². The largest absolute Gasteiger partial charge is 0.362 e. The van der Waals surface area contributed by atoms with Crippen LogP contribution in [-0.4, -0.2) is 133 Å². The third-order valence-electron chi connectivity index (χ3n) is 14.1. The second-order valence-electron chi connectivity index (χ2n) is 18.5. The van der Waals surface area contributed by atoms with Crippen molar-refractivity contribution in [2.45, 2.75) is 75.6 Å². The van der Waals surface area contributed by atoms with E-state index in [9.17, 15) is 23.2 Å². The Hall–Kier alpha value is -5.84. The SMILES string of the molecule is CN1CC(C2CN(c3ccn4ncc(C(=O)Nc5cn(C6CCC(CN7CC[C@H](OCC#Cc8cccc9c(C%10CCC(=O)NC%10=O)nn(C)c89)[C@H](F)C7)CC6)nc5C(F)F)c4n3)C2)C1. The number of halogens is 3. The highest BCUT2D eigenvalue weighted by molar-refractivity contribution is 6.08. The van der Waals surface area contributed by atoms with Gasteiger partial charge in [0.1, 0.15) is 24.2 Å². The summed E-state index contributed by atoms with van der Waals surface area (Å²) in [4.78, 5) is 49.2. The van der Waals surface area contributed by atoms with E-state index in [1.165, 1.54) is 16.9 Å². The zero-order valence-corrected chi connectivity index (χ0v) is 36.5. The van der Waals surface area contributed by atoms with Crippen LogP contribution in [0.2, 0.25) is 0 Å². The van der Waals surface area contributed by atoms with Gasteiger partial charge in [0.25, 0.3) is 12.3 Å². The van der Waals surface area contributed by atoms with Crippen LogP contribution in [-0.2, 0) is 21.4 Å². The normalized spacial score (nSPS) is 24.8. The number of aromatic nitrogens is 7. The Labute approximate surface area is 373 Å². The lowest BCUT2D eigenvalue weighted by Gasteiger charge is -2.50. The molecule has 3 amide bonds. The molecule has 19 heteroatoms. The van der Waals surface area contributed by atoms with Crippen LogP contribution in [0.25, 0.3) is 16.6 Å². The molecule has 0 bridgehead atoms. The lowest BCUT2D eigenvalue weighted by Crippen LogP contribution is -2.58. The van der Waals surface area contributed by atoms with Crippen molar-refractivity contribution < 1.29 is 32.3 Å². The van der Waals surface area contributed by atoms with Gasteiger partial charge in [0.2, 0.25) is 11.8 Å². The summed E-state index contributed by atoms with van der Waals surface area (Å²) in [5.41, 5.74) is 2.15. The molecule has 0 spiro atoms. The number of para-hydroxylation sites is 1. The molecule has 1 aliphatic carbocycles. The highest BCUT2D eigenvalue weighted by Gasteiger charge is 2.40. The number of nitrogens with one attached hydrogen (secondary N) is 2. The van der Waals surface area contributed by atoms with Gasteiger partial charge in [-0.15, -0.1) is 0 Å². The first kappa shape index (κ1) is 43.1. The Morgan fingerprint density at radius 1 is 1.00 bits per heavy atom. The molecule has 10 rings (SSSR count). The molecule has 3 atom stereocenters. The molecular weight excluding hydrogens is 842 g/mol. The molecular formula is C46H53F3N12O4. The lowest BCUT2D eigenvalue weighted by atomic mass is 9.81. The predicted molar refractivity (Wildman–Crippen MR) is 234 cm³/mol. The number of benzene rings is 1. The van der Waals surface area contributed by atoms with Crippen molar-refractivity contribution in [2.24, 2.45) is 24.8 Å². The molecule has 4 aromatic heterocycles. The average molecular weight is 895 g/mol. The van der Waals surface area contributed by atoms with Crippen molar-refractivity contribution in [1.82, 2.24) is 49.3 Å². The number of aryl methyl sites for hydroxylation is 1. The fourth-order valence-electron chi connectivity index (χ4n) is 10.5. The standard InChI is InChI=1S/C46H53F3N12O4/c1-56-21-29(22-56)30-23-59(24-30)38-15-17-60-44(52-38)34(19-50-60)46(64)51-36-26-61(55-41(36)43(48)49)31-10-8-27(9-11-31)20-58-16-14-37(35(47)25-58)65-18-4-6-28-5-3-7-32-40(54-57(2)42(28)32)33-12-13-39(62)53-45(33)63/h3,5,7,15,17,19,26-27,29-31,33,35,37,43H,8-14,16,18,20-25H2,1-2H3,(H,51,64)(H,53,62,63)/t27?,31?,33?,35-,37+/m1/s1. The van der Waals surface area contributed by atoms with E-state index in [2.05, 4.69) is 59.5 Å². The lowest BCUT2D eigenvalue weighted by molar-refractivity contribution is -0.134.